The second-order valence-electron chi connectivity index (χ2n) is 5.65. The molecule has 0 aromatic heterocycles. The second-order valence-corrected chi connectivity index (χ2v) is 7.35. The molecule has 106 valence electrons. The van der Waals surface area contributed by atoms with Crippen molar-refractivity contribution in [3.05, 3.63) is 0 Å². The summed E-state index contributed by atoms with van der Waals surface area (Å²) >= 11 is 0. The predicted octanol–water partition coefficient (Wildman–Crippen LogP) is 1.71. The summed E-state index contributed by atoms with van der Waals surface area (Å²) in [6.45, 7) is 7.00. The fraction of sp³-hybridized carbons (Fsp3) is 1.00. The van der Waals surface area contributed by atoms with Crippen LogP contribution in [0.3, 0.4) is 0 Å². The van der Waals surface area contributed by atoms with Gasteiger partial charge in [-0.25, -0.2) is 0 Å². The summed E-state index contributed by atoms with van der Waals surface area (Å²) < 4.78 is 12.0. The lowest BCUT2D eigenvalue weighted by Gasteiger charge is -2.27. The molecule has 2 heterocycles. The molecule has 0 unspecified atom stereocenters. The van der Waals surface area contributed by atoms with Crippen LogP contribution in [0.15, 0.2) is 0 Å². The summed E-state index contributed by atoms with van der Waals surface area (Å²) in [6.07, 6.45) is 8.10. The van der Waals surface area contributed by atoms with E-state index in [1.807, 2.05) is 0 Å². The zero-order chi connectivity index (χ0) is 12.6. The molecule has 0 aromatic carbocycles. The van der Waals surface area contributed by atoms with Crippen LogP contribution in [-0.2, 0) is 10.8 Å². The average Bonchev–Trinajstić information content (AvgIpc) is 2.45. The standard InChI is InChI=1S/C14H28N2OS/c17-18(13-11-15-7-3-1-4-8-15)14-12-16-9-5-2-6-10-16/h1-14H2. The summed E-state index contributed by atoms with van der Waals surface area (Å²) in [5, 5.41) is 0. The third kappa shape index (κ3) is 5.37. The van der Waals surface area contributed by atoms with Crippen molar-refractivity contribution in [3.8, 4) is 0 Å². The molecule has 2 fully saturated rings. The Balaban J connectivity index is 1.54. The van der Waals surface area contributed by atoms with Crippen LogP contribution in [0.25, 0.3) is 0 Å². The summed E-state index contributed by atoms with van der Waals surface area (Å²) in [6, 6.07) is 0. The predicted molar refractivity (Wildman–Crippen MR) is 78.5 cm³/mol. The normalized spacial score (nSPS) is 23.6. The van der Waals surface area contributed by atoms with Crippen LogP contribution < -0.4 is 0 Å². The number of nitrogens with zero attached hydrogens (tertiary/aromatic N) is 2. The summed E-state index contributed by atoms with van der Waals surface area (Å²) in [5.74, 6) is 1.77. The Bertz CT molecular complexity index is 224. The lowest BCUT2D eigenvalue weighted by atomic mass is 10.1. The highest BCUT2D eigenvalue weighted by molar-refractivity contribution is 7.85. The number of piperidine rings is 2. The molecule has 4 heteroatoms. The third-order valence-electron chi connectivity index (χ3n) is 4.17. The van der Waals surface area contributed by atoms with Crippen molar-refractivity contribution in [2.75, 3.05) is 50.8 Å². The minimum absolute atomic E-state index is 0.607. The van der Waals surface area contributed by atoms with Crippen LogP contribution in [0.4, 0.5) is 0 Å². The van der Waals surface area contributed by atoms with Gasteiger partial charge in [-0.3, -0.25) is 4.21 Å². The average molecular weight is 272 g/mol. The van der Waals surface area contributed by atoms with E-state index in [9.17, 15) is 4.21 Å². The van der Waals surface area contributed by atoms with Crippen LogP contribution in [-0.4, -0.2) is 64.8 Å². The van der Waals surface area contributed by atoms with Gasteiger partial charge in [0.25, 0.3) is 0 Å². The van der Waals surface area contributed by atoms with Gasteiger partial charge < -0.3 is 9.80 Å². The van der Waals surface area contributed by atoms with E-state index in [0.29, 0.717) is 0 Å². The Hall–Kier alpha value is 0.0700. The molecule has 2 aliphatic heterocycles. The molecule has 0 aliphatic carbocycles. The topological polar surface area (TPSA) is 23.6 Å². The summed E-state index contributed by atoms with van der Waals surface area (Å²) in [5.41, 5.74) is 0. The van der Waals surface area contributed by atoms with E-state index in [0.717, 1.165) is 24.6 Å². The molecular formula is C14H28N2OS. The molecule has 0 amide bonds. The Kier molecular flexibility index (Phi) is 6.66. The van der Waals surface area contributed by atoms with Gasteiger partial charge in [0.2, 0.25) is 0 Å². The molecule has 0 N–H and O–H groups in total. The molecule has 0 atom stereocenters. The molecule has 2 aliphatic rings. The second kappa shape index (κ2) is 8.28. The van der Waals surface area contributed by atoms with E-state index in [4.69, 9.17) is 0 Å². The Morgan fingerprint density at radius 1 is 0.667 bits per heavy atom. The zero-order valence-electron chi connectivity index (χ0n) is 11.6. The highest BCUT2D eigenvalue weighted by atomic mass is 32.2. The van der Waals surface area contributed by atoms with Gasteiger partial charge in [-0.05, 0) is 51.9 Å². The highest BCUT2D eigenvalue weighted by Gasteiger charge is 2.13. The van der Waals surface area contributed by atoms with Gasteiger partial charge in [0.15, 0.2) is 0 Å². The Morgan fingerprint density at radius 2 is 1.06 bits per heavy atom. The van der Waals surface area contributed by atoms with Gasteiger partial charge in [0.05, 0.1) is 0 Å². The van der Waals surface area contributed by atoms with Crippen LogP contribution in [0.5, 0.6) is 0 Å². The van der Waals surface area contributed by atoms with Crippen molar-refractivity contribution < 1.29 is 4.21 Å². The lowest BCUT2D eigenvalue weighted by Crippen LogP contribution is -2.35. The largest absolute Gasteiger partial charge is 0.302 e. The van der Waals surface area contributed by atoms with Gasteiger partial charge >= 0.3 is 0 Å². The van der Waals surface area contributed by atoms with Crippen LogP contribution in [0.1, 0.15) is 38.5 Å². The number of likely N-dealkylation sites (tertiary alicyclic amines) is 2. The van der Waals surface area contributed by atoms with Gasteiger partial charge in [-0.15, -0.1) is 0 Å². The third-order valence-corrected chi connectivity index (χ3v) is 5.44. The van der Waals surface area contributed by atoms with Crippen LogP contribution in [0.2, 0.25) is 0 Å². The summed E-state index contributed by atoms with van der Waals surface area (Å²) in [4.78, 5) is 4.98. The first-order valence-corrected chi connectivity index (χ1v) is 9.13. The number of hydrogen-bond acceptors (Lipinski definition) is 3. The SMILES string of the molecule is O=S(CCN1CCCCC1)CCN1CCCCC1. The number of hydrogen-bond donors (Lipinski definition) is 0. The fourth-order valence-electron chi connectivity index (χ4n) is 2.93. The van der Waals surface area contributed by atoms with Crippen molar-refractivity contribution in [1.29, 1.82) is 0 Å². The maximum atomic E-state index is 12.0. The van der Waals surface area contributed by atoms with E-state index in [1.54, 1.807) is 0 Å². The van der Waals surface area contributed by atoms with Crippen LogP contribution in [0, 0.1) is 0 Å². The first-order valence-electron chi connectivity index (χ1n) is 7.64. The highest BCUT2D eigenvalue weighted by Crippen LogP contribution is 2.09. The first-order chi connectivity index (χ1) is 8.84. The summed E-state index contributed by atoms with van der Waals surface area (Å²) in [7, 11) is -0.607. The van der Waals surface area contributed by atoms with Crippen molar-refractivity contribution in [1.82, 2.24) is 9.80 Å². The molecule has 0 spiro atoms. The minimum atomic E-state index is -0.607. The quantitative estimate of drug-likeness (QED) is 0.735. The monoisotopic (exact) mass is 272 g/mol. The first kappa shape index (κ1) is 14.5. The maximum Gasteiger partial charge on any atom is 0.0363 e. The molecular weight excluding hydrogens is 244 g/mol. The van der Waals surface area contributed by atoms with Crippen LogP contribution >= 0.6 is 0 Å². The molecule has 3 nitrogen and oxygen atoms in total. The van der Waals surface area contributed by atoms with Crippen molar-refractivity contribution in [2.24, 2.45) is 0 Å². The van der Waals surface area contributed by atoms with E-state index in [1.165, 1.54) is 64.7 Å². The molecule has 2 rings (SSSR count). The molecule has 2 saturated heterocycles. The van der Waals surface area contributed by atoms with Gasteiger partial charge in [-0.2, -0.15) is 0 Å². The van der Waals surface area contributed by atoms with E-state index in [-0.39, 0.29) is 0 Å². The van der Waals surface area contributed by atoms with Crippen molar-refractivity contribution >= 4 is 10.8 Å². The lowest BCUT2D eigenvalue weighted by molar-refractivity contribution is 0.239. The Morgan fingerprint density at radius 3 is 1.44 bits per heavy atom. The molecule has 0 aromatic rings. The zero-order valence-corrected chi connectivity index (χ0v) is 12.4. The van der Waals surface area contributed by atoms with E-state index in [2.05, 4.69) is 9.80 Å². The molecule has 18 heavy (non-hydrogen) atoms. The molecule has 0 saturated carbocycles. The Labute approximate surface area is 114 Å². The van der Waals surface area contributed by atoms with Crippen molar-refractivity contribution in [2.45, 2.75) is 38.5 Å². The molecule has 0 bridgehead atoms. The minimum Gasteiger partial charge on any atom is -0.302 e. The fourth-order valence-corrected chi connectivity index (χ4v) is 4.06. The van der Waals surface area contributed by atoms with Crippen molar-refractivity contribution in [3.63, 3.8) is 0 Å². The smallest absolute Gasteiger partial charge is 0.0363 e. The van der Waals surface area contributed by atoms with Gasteiger partial charge in [0.1, 0.15) is 0 Å². The van der Waals surface area contributed by atoms with E-state index < -0.39 is 10.8 Å². The molecule has 0 radical (unpaired) electrons. The van der Waals surface area contributed by atoms with Gasteiger partial charge in [-0.1, -0.05) is 12.8 Å². The number of rotatable bonds is 6. The van der Waals surface area contributed by atoms with Gasteiger partial charge in [0, 0.05) is 35.4 Å². The maximum absolute atomic E-state index is 12.0. The van der Waals surface area contributed by atoms with E-state index >= 15 is 0 Å².